The quantitative estimate of drug-likeness (QED) is 0.307. The maximum Gasteiger partial charge on any atom is 0.213 e. The van der Waals surface area contributed by atoms with Crippen molar-refractivity contribution in [1.29, 1.82) is 10.5 Å². The molecule has 1 N–H and O–H groups in total. The third-order valence-corrected chi connectivity index (χ3v) is 5.81. The van der Waals surface area contributed by atoms with Gasteiger partial charge in [-0.1, -0.05) is 0 Å². The van der Waals surface area contributed by atoms with Crippen LogP contribution in [0.25, 0.3) is 11.1 Å². The van der Waals surface area contributed by atoms with Crippen molar-refractivity contribution in [2.24, 2.45) is 5.92 Å². The van der Waals surface area contributed by atoms with Crippen molar-refractivity contribution < 1.29 is 14.2 Å². The molecular weight excluding hydrogens is 435 g/mol. The summed E-state index contributed by atoms with van der Waals surface area (Å²) in [6.45, 7) is 4.12. The lowest BCUT2D eigenvalue weighted by Gasteiger charge is -2.25. The molecule has 0 aromatic carbocycles. The zero-order valence-corrected chi connectivity index (χ0v) is 19.0. The molecule has 0 aliphatic carbocycles. The van der Waals surface area contributed by atoms with Gasteiger partial charge in [0.15, 0.2) is 0 Å². The fourth-order valence-electron chi connectivity index (χ4n) is 3.02. The topological polar surface area (TPSA) is 113 Å². The van der Waals surface area contributed by atoms with Gasteiger partial charge in [0.25, 0.3) is 0 Å². The Morgan fingerprint density at radius 1 is 1.21 bits per heavy atom. The number of pyridine rings is 2. The van der Waals surface area contributed by atoms with Crippen LogP contribution in [0.5, 0.6) is 5.88 Å². The number of hydrogen-bond acceptors (Lipinski definition) is 9. The number of hydrogen-bond donors (Lipinski definition) is 1. The number of nitrogens with zero attached hydrogens (tertiary/aromatic N) is 4. The summed E-state index contributed by atoms with van der Waals surface area (Å²) < 4.78 is 15.7. The zero-order valence-electron chi connectivity index (χ0n) is 18.2. The predicted octanol–water partition coefficient (Wildman–Crippen LogP) is 1.57. The van der Waals surface area contributed by atoms with Crippen LogP contribution >= 0.6 is 11.8 Å². The van der Waals surface area contributed by atoms with Gasteiger partial charge in [0.1, 0.15) is 35.2 Å². The zero-order chi connectivity index (χ0) is 23.8. The summed E-state index contributed by atoms with van der Waals surface area (Å²) in [5, 5.41) is 21.8. The molecule has 0 saturated carbocycles. The molecule has 33 heavy (non-hydrogen) atoms. The van der Waals surface area contributed by atoms with Gasteiger partial charge in [0.2, 0.25) is 5.88 Å². The minimum Gasteiger partial charge on any atom is -0.475 e. The minimum absolute atomic E-state index is 0.0765. The number of anilines is 1. The number of nitriles is 2. The molecule has 6 radical (unpaired) electrons. The molecule has 0 spiro atoms. The van der Waals surface area contributed by atoms with Crippen LogP contribution < -0.4 is 10.1 Å². The van der Waals surface area contributed by atoms with Crippen molar-refractivity contribution in [3.8, 4) is 29.1 Å². The summed E-state index contributed by atoms with van der Waals surface area (Å²) in [5.74, 6) is 1.97. The lowest BCUT2D eigenvalue weighted by Crippen LogP contribution is -2.35. The first-order valence-electron chi connectivity index (χ1n) is 10.3. The van der Waals surface area contributed by atoms with E-state index < -0.39 is 5.30 Å². The molecule has 2 aromatic heterocycles. The average Bonchev–Trinajstić information content (AvgIpc) is 2.75. The smallest absolute Gasteiger partial charge is 0.213 e. The second kappa shape index (κ2) is 11.5. The van der Waals surface area contributed by atoms with E-state index in [0.717, 1.165) is 5.75 Å². The summed E-state index contributed by atoms with van der Waals surface area (Å²) >= 11 is 1.49. The number of ether oxygens (including phenoxy) is 3. The number of rotatable bonds is 11. The third kappa shape index (κ3) is 6.67. The van der Waals surface area contributed by atoms with Crippen LogP contribution in [0, 0.1) is 28.6 Å². The Kier molecular flexibility index (Phi) is 8.68. The molecule has 0 bridgehead atoms. The van der Waals surface area contributed by atoms with Crippen molar-refractivity contribution in [2.75, 3.05) is 44.0 Å². The molecule has 12 heteroatoms. The summed E-state index contributed by atoms with van der Waals surface area (Å²) in [4.78, 5) is 8.87. The Hall–Kier alpha value is -2.66. The average molecular weight is 455 g/mol. The van der Waals surface area contributed by atoms with E-state index in [2.05, 4.69) is 27.4 Å². The maximum absolute atomic E-state index is 9.95. The number of thioether (sulfide) groups is 1. The van der Waals surface area contributed by atoms with E-state index in [1.807, 2.05) is 6.92 Å². The van der Waals surface area contributed by atoms with Gasteiger partial charge in [-0.3, -0.25) is 0 Å². The number of nitrogens with one attached hydrogen (secondary N) is 1. The highest BCUT2D eigenvalue weighted by Crippen LogP contribution is 2.37. The van der Waals surface area contributed by atoms with E-state index >= 15 is 0 Å². The summed E-state index contributed by atoms with van der Waals surface area (Å²) in [6.07, 6.45) is 1.55. The van der Waals surface area contributed by atoms with Crippen LogP contribution in [0.4, 0.5) is 5.82 Å². The maximum atomic E-state index is 9.95. The standard InChI is InChI=1S/C21H20B3N5O3S/c1-2-27-19-15(7-25)18(16(8-26)20(29-19)33-12-13-10-30-11-13)14-3-4-17(28-9-14)31-5-6-32-21(22,23)24/h3-4,9,13H,2,5-6,10-12H2,1H3,(H,27,29). The van der Waals surface area contributed by atoms with E-state index in [0.29, 0.717) is 64.7 Å². The second-order valence-electron chi connectivity index (χ2n) is 7.29. The Balaban J connectivity index is 1.88. The molecular formula is C21H20B3N5O3S. The van der Waals surface area contributed by atoms with Crippen LogP contribution in [-0.2, 0) is 9.47 Å². The Morgan fingerprint density at radius 3 is 2.52 bits per heavy atom. The SMILES string of the molecule is [B]C([B])([B])OCCOc1ccc(-c2c(C#N)c(NCC)nc(SCC3COC3)c2C#N)cn1. The van der Waals surface area contributed by atoms with E-state index in [-0.39, 0.29) is 13.2 Å². The highest BCUT2D eigenvalue weighted by molar-refractivity contribution is 7.99. The molecule has 1 aliphatic heterocycles. The van der Waals surface area contributed by atoms with Gasteiger partial charge in [-0.25, -0.2) is 9.97 Å². The van der Waals surface area contributed by atoms with Gasteiger partial charge in [-0.2, -0.15) is 10.5 Å². The molecule has 0 amide bonds. The van der Waals surface area contributed by atoms with Gasteiger partial charge < -0.3 is 19.5 Å². The van der Waals surface area contributed by atoms with Crippen LogP contribution in [-0.4, -0.2) is 77.5 Å². The van der Waals surface area contributed by atoms with Crippen molar-refractivity contribution in [2.45, 2.75) is 17.2 Å². The molecule has 0 atom stereocenters. The highest BCUT2D eigenvalue weighted by atomic mass is 32.2. The van der Waals surface area contributed by atoms with Gasteiger partial charge in [-0.15, -0.1) is 11.8 Å². The van der Waals surface area contributed by atoms with Crippen LogP contribution in [0.2, 0.25) is 0 Å². The van der Waals surface area contributed by atoms with Crippen LogP contribution in [0.1, 0.15) is 18.1 Å². The Morgan fingerprint density at radius 2 is 1.97 bits per heavy atom. The van der Waals surface area contributed by atoms with Crippen molar-refractivity contribution >= 4 is 41.1 Å². The molecule has 3 heterocycles. The first-order chi connectivity index (χ1) is 15.9. The first-order valence-corrected chi connectivity index (χ1v) is 11.3. The van der Waals surface area contributed by atoms with Crippen molar-refractivity contribution in [3.63, 3.8) is 0 Å². The van der Waals surface area contributed by atoms with E-state index in [9.17, 15) is 10.5 Å². The summed E-state index contributed by atoms with van der Waals surface area (Å²) in [6, 6.07) is 7.81. The molecule has 3 rings (SSSR count). The first kappa shape index (κ1) is 25.0. The Bertz CT molecular complexity index is 1050. The summed E-state index contributed by atoms with van der Waals surface area (Å²) in [7, 11) is 16.0. The third-order valence-electron chi connectivity index (χ3n) is 4.61. The highest BCUT2D eigenvalue weighted by Gasteiger charge is 2.24. The fraction of sp³-hybridized carbons (Fsp3) is 0.429. The minimum atomic E-state index is -1.73. The van der Waals surface area contributed by atoms with E-state index in [1.165, 1.54) is 11.8 Å². The van der Waals surface area contributed by atoms with E-state index in [4.69, 9.17) is 37.7 Å². The molecule has 162 valence electrons. The van der Waals surface area contributed by atoms with Gasteiger partial charge in [-0.05, 0) is 18.3 Å². The fourth-order valence-corrected chi connectivity index (χ4v) is 4.05. The Labute approximate surface area is 201 Å². The second-order valence-corrected chi connectivity index (χ2v) is 8.30. The number of aromatic nitrogens is 2. The van der Waals surface area contributed by atoms with Crippen LogP contribution in [0.3, 0.4) is 0 Å². The lowest BCUT2D eigenvalue weighted by atomic mass is 9.52. The summed E-state index contributed by atoms with van der Waals surface area (Å²) in [5.41, 5.74) is 1.72. The van der Waals surface area contributed by atoms with E-state index in [1.54, 1.807) is 18.3 Å². The van der Waals surface area contributed by atoms with Crippen molar-refractivity contribution in [3.05, 3.63) is 29.5 Å². The van der Waals surface area contributed by atoms with Gasteiger partial charge in [0, 0.05) is 41.6 Å². The largest absolute Gasteiger partial charge is 0.475 e. The van der Waals surface area contributed by atoms with Crippen molar-refractivity contribution in [1.82, 2.24) is 9.97 Å². The monoisotopic (exact) mass is 455 g/mol. The predicted molar refractivity (Wildman–Crippen MR) is 128 cm³/mol. The molecule has 1 saturated heterocycles. The van der Waals surface area contributed by atoms with Gasteiger partial charge in [0.05, 0.1) is 48.9 Å². The molecule has 8 nitrogen and oxygen atoms in total. The van der Waals surface area contributed by atoms with Gasteiger partial charge >= 0.3 is 0 Å². The molecule has 2 aromatic rings. The molecule has 1 aliphatic rings. The molecule has 0 unspecified atom stereocenters. The molecule has 1 fully saturated rings. The normalized spacial score (nSPS) is 13.5. The lowest BCUT2D eigenvalue weighted by molar-refractivity contribution is -0.0196. The van der Waals surface area contributed by atoms with Crippen LogP contribution in [0.15, 0.2) is 23.4 Å².